The lowest BCUT2D eigenvalue weighted by atomic mass is 9.74. The van der Waals surface area contributed by atoms with Crippen LogP contribution in [-0.4, -0.2) is 366 Å². The molecule has 34 atom stereocenters. The van der Waals surface area contributed by atoms with Gasteiger partial charge in [-0.3, -0.25) is 14.8 Å². The summed E-state index contributed by atoms with van der Waals surface area (Å²) in [4.78, 5) is 18.9. The zero-order valence-corrected chi connectivity index (χ0v) is 81.3. The van der Waals surface area contributed by atoms with Crippen LogP contribution in [0.2, 0.25) is 0 Å². The largest absolute Gasteiger partial charge is 0.481 e. The van der Waals surface area contributed by atoms with Crippen molar-refractivity contribution < 1.29 is 175 Å². The van der Waals surface area contributed by atoms with Crippen molar-refractivity contribution in [3.63, 3.8) is 0 Å². The van der Waals surface area contributed by atoms with Gasteiger partial charge in [0.2, 0.25) is 0 Å². The number of aryl methyl sites for hydroxylation is 2. The standard InChI is InChI=1S/C11H20O6.2C10H20O4.2C9H18O5.2C9H18O4.C9H18O3.C9H14.C6H8N2/c1-11(2,3)8-5(4-12)7(13)6(9(14)15)10(16)17-8;2*1-10(2,3)8-4-6(12)9(13)7(5-11)14-8;2*1-9(2,3)7-5(11)4(10)6(12)8(13)14-7;1-9(2,3)6-4-5(10)7(11)8(12)13-6;1-9(2,3)5-4-6(10)13-8(12)7(5)11;1-9(2,3)6-4-12-5-7(10)8(6)11;1-9(2,3)8-6-4-5-7-8;1-5-3-8-6(2)4-7-5/h5-8,10,12-13,16H,4H2,1-3H3,(H,14,15);2*6-9,11-13H,4-5H2,1-3H3;2*4-8,10-13H,1-3H3;2*5-8,10-12H,4H2,1-3H3;6-8,10-11H,4-5H2,1-3H3;4-6H,7H2,1-3H3;3-4H,1-2H3/t5-,6-,7-,8?,10+;6-,7?,8?,9-;6-,7-,8?,9+;2*4-,5-,6+,7?,8+;5-,6?,7-,8+;5?,6-,7-,8-;6?,7-,8-;;/m10110100../s1. The third-order valence-corrected chi connectivity index (χ3v) is 23.6. The molecule has 9 aliphatic rings. The van der Waals surface area contributed by atoms with Crippen molar-refractivity contribution in [3.8, 4) is 0 Å². The normalized spacial score (nSPS) is 37.8. The van der Waals surface area contributed by atoms with E-state index in [0.29, 0.717) is 37.7 Å². The number of rotatable bonds is 4. The van der Waals surface area contributed by atoms with E-state index in [1.807, 2.05) is 180 Å². The number of carbonyl (C=O) groups is 1. The fourth-order valence-corrected chi connectivity index (χ4v) is 14.9. The number of allylic oxidation sites excluding steroid dienone is 4. The van der Waals surface area contributed by atoms with E-state index in [1.54, 1.807) is 18.0 Å². The van der Waals surface area contributed by atoms with Crippen LogP contribution in [-0.2, 0) is 42.7 Å². The van der Waals surface area contributed by atoms with E-state index in [4.69, 9.17) is 48.5 Å². The molecule has 756 valence electrons. The number of ether oxygens (including phenoxy) is 8. The molecular formula is C91H172N2O35. The second kappa shape index (κ2) is 51.8. The zero-order chi connectivity index (χ0) is 100. The Labute approximate surface area is 758 Å². The van der Waals surface area contributed by atoms with Crippen LogP contribution in [0.25, 0.3) is 0 Å². The smallest absolute Gasteiger partial charge is 0.314 e. The molecule has 0 spiro atoms. The van der Waals surface area contributed by atoms with E-state index in [9.17, 15) is 122 Å². The topological polar surface area (TPSA) is 643 Å². The highest BCUT2D eigenvalue weighted by Gasteiger charge is 2.53. The second-order valence-electron chi connectivity index (χ2n) is 44.4. The molecule has 9 unspecified atom stereocenters. The Morgan fingerprint density at radius 2 is 0.695 bits per heavy atom. The van der Waals surface area contributed by atoms with Crippen molar-refractivity contribution in [3.05, 3.63) is 47.6 Å². The first kappa shape index (κ1) is 123. The van der Waals surface area contributed by atoms with Crippen LogP contribution in [0.15, 0.2) is 36.2 Å². The number of carboxylic acid groups (broad SMARTS) is 1. The van der Waals surface area contributed by atoms with Gasteiger partial charge in [-0.05, 0) is 74.9 Å². The molecule has 37 nitrogen and oxygen atoms in total. The molecule has 37 heteroatoms. The fraction of sp³-hybridized carbons (Fsp3) is 0.901. The van der Waals surface area contributed by atoms with Crippen LogP contribution in [0.4, 0.5) is 0 Å². The van der Waals surface area contributed by atoms with Crippen molar-refractivity contribution >= 4 is 5.97 Å². The van der Waals surface area contributed by atoms with Crippen molar-refractivity contribution in [2.75, 3.05) is 33.0 Å². The third-order valence-electron chi connectivity index (χ3n) is 23.6. The summed E-state index contributed by atoms with van der Waals surface area (Å²) in [6, 6.07) is 0. The molecule has 9 heterocycles. The minimum Gasteiger partial charge on any atom is -0.481 e. The highest BCUT2D eigenvalue weighted by molar-refractivity contribution is 5.71. The second-order valence-corrected chi connectivity index (χ2v) is 44.4. The average molecular weight is 1850 g/mol. The van der Waals surface area contributed by atoms with Gasteiger partial charge in [0.15, 0.2) is 37.7 Å². The van der Waals surface area contributed by atoms with Crippen LogP contribution in [0.1, 0.15) is 230 Å². The zero-order valence-electron chi connectivity index (χ0n) is 81.3. The van der Waals surface area contributed by atoms with Gasteiger partial charge in [-0.2, -0.15) is 0 Å². The van der Waals surface area contributed by atoms with Crippen LogP contribution in [0.5, 0.6) is 0 Å². The maximum atomic E-state index is 10.9. The maximum absolute atomic E-state index is 10.9. The first-order valence-electron chi connectivity index (χ1n) is 44.2. The van der Waals surface area contributed by atoms with Crippen molar-refractivity contribution in [2.45, 2.75) is 417 Å². The molecule has 1 aromatic heterocycles. The van der Waals surface area contributed by atoms with Gasteiger partial charge in [-0.1, -0.05) is 211 Å². The van der Waals surface area contributed by atoms with Gasteiger partial charge < -0.3 is 171 Å². The summed E-state index contributed by atoms with van der Waals surface area (Å²) in [5.41, 5.74) is 2.14. The molecule has 128 heavy (non-hydrogen) atoms. The molecule has 8 aliphatic heterocycles. The summed E-state index contributed by atoms with van der Waals surface area (Å²) < 4.78 is 41.4. The Hall–Kier alpha value is -3.29. The van der Waals surface area contributed by atoms with E-state index in [2.05, 4.69) is 53.7 Å². The summed E-state index contributed by atoms with van der Waals surface area (Å²) in [5, 5.41) is 244. The van der Waals surface area contributed by atoms with Gasteiger partial charge in [0.25, 0.3) is 0 Å². The number of aliphatic hydroxyl groups is 25. The molecule has 0 aromatic carbocycles. The number of hydrogen-bond acceptors (Lipinski definition) is 36. The first-order valence-corrected chi connectivity index (χ1v) is 44.2. The third kappa shape index (κ3) is 39.1. The molecule has 0 bridgehead atoms. The number of aliphatic hydroxyl groups excluding tert-OH is 25. The van der Waals surface area contributed by atoms with Gasteiger partial charge in [-0.25, -0.2) is 0 Å². The van der Waals surface area contributed by atoms with Gasteiger partial charge in [0, 0.05) is 49.9 Å². The van der Waals surface area contributed by atoms with Crippen molar-refractivity contribution in [1.29, 1.82) is 0 Å². The quantitative estimate of drug-likeness (QED) is 0.202. The summed E-state index contributed by atoms with van der Waals surface area (Å²) in [6.45, 7) is 56.9. The lowest BCUT2D eigenvalue weighted by Crippen LogP contribution is -2.60. The van der Waals surface area contributed by atoms with Crippen LogP contribution >= 0.6 is 0 Å². The van der Waals surface area contributed by atoms with E-state index >= 15 is 0 Å². The molecule has 1 aliphatic carbocycles. The average Bonchev–Trinajstić information content (AvgIpc) is 0.854. The van der Waals surface area contributed by atoms with Gasteiger partial charge in [0.1, 0.15) is 85.3 Å². The highest BCUT2D eigenvalue weighted by atomic mass is 16.7. The Morgan fingerprint density at radius 1 is 0.344 bits per heavy atom. The predicted molar refractivity (Wildman–Crippen MR) is 471 cm³/mol. The van der Waals surface area contributed by atoms with E-state index in [1.165, 1.54) is 0 Å². The van der Waals surface area contributed by atoms with Crippen LogP contribution in [0.3, 0.4) is 0 Å². The Bertz CT molecular complexity index is 3180. The monoisotopic (exact) mass is 1850 g/mol. The molecule has 0 saturated carbocycles. The van der Waals surface area contributed by atoms with Crippen LogP contribution in [0, 0.1) is 86.3 Å². The summed E-state index contributed by atoms with van der Waals surface area (Å²) >= 11 is 0. The van der Waals surface area contributed by atoms with Gasteiger partial charge in [0.05, 0.1) is 112 Å². The molecule has 1 aromatic rings. The Kier molecular flexibility index (Phi) is 49.6. The Morgan fingerprint density at radius 3 is 0.984 bits per heavy atom. The minimum atomic E-state index is -1.56. The Balaban J connectivity index is 0.000000714. The van der Waals surface area contributed by atoms with Crippen molar-refractivity contribution in [2.24, 2.45) is 72.4 Å². The molecule has 8 saturated heterocycles. The number of nitrogens with zero attached hydrogens (tertiary/aromatic N) is 2. The molecule has 0 radical (unpaired) electrons. The summed E-state index contributed by atoms with van der Waals surface area (Å²) in [6.07, 6.45) is -16.2. The SMILES string of the molecule is CC(C)(C)C1=CC=CC1.CC(C)(C)C1COC[C@H](O)[C@H]1O.CC(C)(C)C1C[C@@H](O)O[C@H](O)[C@H]1O.CC(C)(C)C1C[C@@H](O)[C@@H](O)[C@@H](O)O1.CC(C)(C)C1C[C@@H](O)[C@H](O)[C@@H](CO)O1.CC(C)(C)C1C[C@H](O)[C@H](O)C(CO)O1.CC(C)(C)C1O[C@@H](O)[C@H](O)[C@@H](O)[C@@H]1O.CC(C)(C)C1O[C@H](O)[C@@H](C(=O)O)[C@H](O)[C@H]1CO.CC(C)(C)C1O[C@H](O)[C@@H](O)[C@H](O)[C@H]1O.Cc1cnc(C)cn1. The molecule has 8 fully saturated rings. The number of hydrogen-bond donors (Lipinski definition) is 26. The van der Waals surface area contributed by atoms with E-state index in [0.717, 1.165) is 17.8 Å². The van der Waals surface area contributed by atoms with Gasteiger partial charge in [-0.15, -0.1) is 0 Å². The van der Waals surface area contributed by atoms with Crippen LogP contribution < -0.4 is 0 Å². The lowest BCUT2D eigenvalue weighted by Gasteiger charge is -2.46. The minimum absolute atomic E-state index is 0.0131. The maximum Gasteiger partial charge on any atom is 0.314 e. The number of aromatic nitrogens is 2. The first-order chi connectivity index (χ1) is 57.9. The van der Waals surface area contributed by atoms with E-state index in [-0.39, 0.29) is 83.7 Å². The number of carboxylic acids is 1. The fourth-order valence-electron chi connectivity index (χ4n) is 14.9. The summed E-state index contributed by atoms with van der Waals surface area (Å²) in [5.74, 6) is -3.60. The number of aliphatic carboxylic acids is 1. The molecular weight excluding hydrogens is 1680 g/mol. The predicted octanol–water partition coefficient (Wildman–Crippen LogP) is 1.23. The highest BCUT2D eigenvalue weighted by Crippen LogP contribution is 2.43. The molecule has 26 N–H and O–H groups in total. The van der Waals surface area contributed by atoms with Crippen molar-refractivity contribution in [1.82, 2.24) is 9.97 Å². The summed E-state index contributed by atoms with van der Waals surface area (Å²) in [7, 11) is 0. The van der Waals surface area contributed by atoms with E-state index < -0.39 is 200 Å². The molecule has 0 amide bonds. The van der Waals surface area contributed by atoms with Gasteiger partial charge >= 0.3 is 5.97 Å². The molecule has 10 rings (SSSR count). The lowest BCUT2D eigenvalue weighted by molar-refractivity contribution is -0.299.